The van der Waals surface area contributed by atoms with E-state index in [1.54, 1.807) is 0 Å². The lowest BCUT2D eigenvalue weighted by Gasteiger charge is -2.24. The summed E-state index contributed by atoms with van der Waals surface area (Å²) in [5, 5.41) is 0. The van der Waals surface area contributed by atoms with Crippen molar-refractivity contribution in [3.05, 3.63) is 24.3 Å². The van der Waals surface area contributed by atoms with E-state index >= 15 is 0 Å². The highest BCUT2D eigenvalue weighted by atomic mass is 16.5. The van der Waals surface area contributed by atoms with Gasteiger partial charge in [0.25, 0.3) is 0 Å². The van der Waals surface area contributed by atoms with Gasteiger partial charge in [0.1, 0.15) is 0 Å². The minimum atomic E-state index is -0.150. The molecule has 0 amide bonds. The number of carbonyl (C=O) groups excluding carboxylic acids is 2. The molecular weight excluding hydrogens is 328 g/mol. The number of esters is 2. The number of unbranched alkanes of at least 4 members (excludes halogenated alkanes) is 1. The van der Waals surface area contributed by atoms with Gasteiger partial charge in [-0.1, -0.05) is 38.2 Å². The summed E-state index contributed by atoms with van der Waals surface area (Å²) in [7, 11) is 0. The first kappa shape index (κ1) is 20.7. The Kier molecular flexibility index (Phi) is 8.93. The number of ether oxygens (including phenoxy) is 2. The minimum Gasteiger partial charge on any atom is -0.465 e. The predicted octanol–water partition coefficient (Wildman–Crippen LogP) is 4.84. The van der Waals surface area contributed by atoms with Crippen molar-refractivity contribution in [2.24, 2.45) is 23.7 Å². The Morgan fingerprint density at radius 3 is 1.50 bits per heavy atom. The molecule has 2 rings (SSSR count). The van der Waals surface area contributed by atoms with Crippen LogP contribution in [0.2, 0.25) is 0 Å². The molecule has 0 radical (unpaired) electrons. The second-order valence-corrected chi connectivity index (χ2v) is 7.93. The number of hydrogen-bond donors (Lipinski definition) is 0. The van der Waals surface area contributed by atoms with Gasteiger partial charge in [0.05, 0.1) is 13.2 Å². The maximum atomic E-state index is 11.8. The van der Waals surface area contributed by atoms with Crippen LogP contribution in [-0.4, -0.2) is 25.2 Å². The van der Waals surface area contributed by atoms with Gasteiger partial charge in [-0.05, 0) is 62.2 Å². The minimum absolute atomic E-state index is 0.150. The van der Waals surface area contributed by atoms with E-state index in [0.717, 1.165) is 25.7 Å². The van der Waals surface area contributed by atoms with Crippen LogP contribution in [0.4, 0.5) is 0 Å². The van der Waals surface area contributed by atoms with Crippen molar-refractivity contribution in [1.29, 1.82) is 0 Å². The lowest BCUT2D eigenvalue weighted by atomic mass is 9.85. The van der Waals surface area contributed by atoms with Crippen molar-refractivity contribution in [2.75, 3.05) is 13.2 Å². The first-order valence-electron chi connectivity index (χ1n) is 10.2. The van der Waals surface area contributed by atoms with E-state index in [0.29, 0.717) is 62.6 Å². The highest BCUT2D eigenvalue weighted by Crippen LogP contribution is 2.26. The number of allylic oxidation sites excluding steroid dienone is 4. The maximum absolute atomic E-state index is 11.8. The van der Waals surface area contributed by atoms with Gasteiger partial charge in [-0.25, -0.2) is 0 Å². The van der Waals surface area contributed by atoms with Gasteiger partial charge in [0, 0.05) is 12.8 Å². The van der Waals surface area contributed by atoms with Crippen molar-refractivity contribution in [3.63, 3.8) is 0 Å². The third-order valence-corrected chi connectivity index (χ3v) is 5.76. The lowest BCUT2D eigenvalue weighted by Crippen LogP contribution is -2.22. The smallest absolute Gasteiger partial charge is 0.305 e. The molecule has 4 heteroatoms. The maximum Gasteiger partial charge on any atom is 0.305 e. The van der Waals surface area contributed by atoms with E-state index in [1.807, 2.05) is 0 Å². The van der Waals surface area contributed by atoms with Crippen LogP contribution < -0.4 is 0 Å². The predicted molar refractivity (Wildman–Crippen MR) is 102 cm³/mol. The normalized spacial score (nSPS) is 27.9. The standard InChI is InChI=1S/C22H34O4/c1-17-9-3-5-11-19(17)15-25-21(23)13-7-8-14-22(24)26-16-20-12-6-4-10-18(20)2/h3-6,17-20H,7-16H2,1-2H3/t17-,18-,19-,20-/m0/s1. The van der Waals surface area contributed by atoms with Crippen LogP contribution in [0.5, 0.6) is 0 Å². The topological polar surface area (TPSA) is 52.6 Å². The van der Waals surface area contributed by atoms with Gasteiger partial charge >= 0.3 is 11.9 Å². The molecule has 2 aliphatic carbocycles. The van der Waals surface area contributed by atoms with Crippen LogP contribution in [0.3, 0.4) is 0 Å². The summed E-state index contributed by atoms with van der Waals surface area (Å²) < 4.78 is 10.8. The number of hydrogen-bond acceptors (Lipinski definition) is 4. The lowest BCUT2D eigenvalue weighted by molar-refractivity contribution is -0.147. The largest absolute Gasteiger partial charge is 0.465 e. The summed E-state index contributed by atoms with van der Waals surface area (Å²) in [5.74, 6) is 1.73. The fourth-order valence-corrected chi connectivity index (χ4v) is 3.56. The SMILES string of the molecule is C[C@H]1CC=CC[C@H]1COC(=O)CCCCC(=O)OC[C@@H]1CC=CC[C@@H]1C. The highest BCUT2D eigenvalue weighted by molar-refractivity contribution is 5.70. The quantitative estimate of drug-likeness (QED) is 0.335. The fourth-order valence-electron chi connectivity index (χ4n) is 3.56. The summed E-state index contributed by atoms with van der Waals surface area (Å²) in [6.45, 7) is 5.44. The fraction of sp³-hybridized carbons (Fsp3) is 0.727. The Morgan fingerprint density at radius 1 is 0.731 bits per heavy atom. The molecule has 0 aliphatic heterocycles. The average Bonchev–Trinajstić information content (AvgIpc) is 2.64. The third-order valence-electron chi connectivity index (χ3n) is 5.76. The van der Waals surface area contributed by atoms with Crippen molar-refractivity contribution in [3.8, 4) is 0 Å². The van der Waals surface area contributed by atoms with Crippen LogP contribution in [0.25, 0.3) is 0 Å². The van der Waals surface area contributed by atoms with Crippen molar-refractivity contribution < 1.29 is 19.1 Å². The number of rotatable bonds is 9. The average molecular weight is 363 g/mol. The molecular formula is C22H34O4. The van der Waals surface area contributed by atoms with Crippen molar-refractivity contribution in [2.45, 2.75) is 65.2 Å². The van der Waals surface area contributed by atoms with Gasteiger partial charge in [-0.2, -0.15) is 0 Å². The first-order valence-corrected chi connectivity index (χ1v) is 10.2. The highest BCUT2D eigenvalue weighted by Gasteiger charge is 2.21. The molecule has 0 saturated carbocycles. The molecule has 0 aromatic heterocycles. The third kappa shape index (κ3) is 7.35. The van der Waals surface area contributed by atoms with E-state index in [2.05, 4.69) is 38.2 Å². The van der Waals surface area contributed by atoms with E-state index in [9.17, 15) is 9.59 Å². The molecule has 0 fully saturated rings. The van der Waals surface area contributed by atoms with Gasteiger partial charge in [-0.3, -0.25) is 9.59 Å². The van der Waals surface area contributed by atoms with Crippen LogP contribution in [0.1, 0.15) is 65.2 Å². The van der Waals surface area contributed by atoms with Gasteiger partial charge < -0.3 is 9.47 Å². The molecule has 2 aliphatic rings. The van der Waals surface area contributed by atoms with Gasteiger partial charge in [-0.15, -0.1) is 0 Å². The molecule has 146 valence electrons. The van der Waals surface area contributed by atoms with E-state index in [-0.39, 0.29) is 11.9 Å². The monoisotopic (exact) mass is 362 g/mol. The van der Waals surface area contributed by atoms with E-state index in [4.69, 9.17) is 9.47 Å². The van der Waals surface area contributed by atoms with Gasteiger partial charge in [0.15, 0.2) is 0 Å². The second kappa shape index (κ2) is 11.2. The molecule has 26 heavy (non-hydrogen) atoms. The van der Waals surface area contributed by atoms with Crippen LogP contribution in [0, 0.1) is 23.7 Å². The van der Waals surface area contributed by atoms with Crippen LogP contribution in [0.15, 0.2) is 24.3 Å². The summed E-state index contributed by atoms with van der Waals surface area (Å²) in [4.78, 5) is 23.7. The Morgan fingerprint density at radius 2 is 1.12 bits per heavy atom. The van der Waals surface area contributed by atoms with Crippen LogP contribution in [-0.2, 0) is 19.1 Å². The zero-order valence-electron chi connectivity index (χ0n) is 16.3. The van der Waals surface area contributed by atoms with Gasteiger partial charge in [0.2, 0.25) is 0 Å². The molecule has 0 spiro atoms. The van der Waals surface area contributed by atoms with Crippen molar-refractivity contribution in [1.82, 2.24) is 0 Å². The number of carbonyl (C=O) groups is 2. The van der Waals surface area contributed by atoms with Crippen LogP contribution >= 0.6 is 0 Å². The molecule has 0 heterocycles. The van der Waals surface area contributed by atoms with Crippen molar-refractivity contribution >= 4 is 11.9 Å². The Bertz CT molecular complexity index is 462. The molecule has 0 aromatic rings. The summed E-state index contributed by atoms with van der Waals surface area (Å²) in [6.07, 6.45) is 15.0. The molecule has 0 aromatic carbocycles. The Hall–Kier alpha value is -1.58. The van der Waals surface area contributed by atoms with E-state index in [1.165, 1.54) is 0 Å². The molecule has 4 atom stereocenters. The zero-order valence-corrected chi connectivity index (χ0v) is 16.3. The Balaban J connectivity index is 1.49. The molecule has 0 saturated heterocycles. The summed E-state index contributed by atoms with van der Waals surface area (Å²) in [6, 6.07) is 0. The second-order valence-electron chi connectivity index (χ2n) is 7.93. The van der Waals surface area contributed by atoms with E-state index < -0.39 is 0 Å². The molecule has 4 nitrogen and oxygen atoms in total. The molecule has 0 unspecified atom stereocenters. The molecule has 0 bridgehead atoms. The summed E-state index contributed by atoms with van der Waals surface area (Å²) >= 11 is 0. The first-order chi connectivity index (χ1) is 12.6. The zero-order chi connectivity index (χ0) is 18.8. The summed E-state index contributed by atoms with van der Waals surface area (Å²) in [5.41, 5.74) is 0. The Labute approximate surface area is 158 Å². The molecule has 0 N–H and O–H groups in total.